The van der Waals surface area contributed by atoms with Crippen LogP contribution in [0.4, 0.5) is 5.69 Å². The number of likely N-dealkylation sites (N-methyl/N-ethyl adjacent to an activating group) is 1. The van der Waals surface area contributed by atoms with Crippen LogP contribution in [0.1, 0.15) is 11.7 Å². The van der Waals surface area contributed by atoms with Crippen molar-refractivity contribution in [2.75, 3.05) is 51.9 Å². The van der Waals surface area contributed by atoms with Crippen LogP contribution in [0, 0.1) is 0 Å². The van der Waals surface area contributed by atoms with Crippen molar-refractivity contribution in [2.45, 2.75) is 6.04 Å². The number of ether oxygens (including phenoxy) is 2. The van der Waals surface area contributed by atoms with E-state index in [0.717, 1.165) is 31.9 Å². The molecule has 1 aromatic carbocycles. The predicted molar refractivity (Wildman–Crippen MR) is 111 cm³/mol. The van der Waals surface area contributed by atoms with Crippen molar-refractivity contribution in [3.8, 4) is 11.5 Å². The van der Waals surface area contributed by atoms with Gasteiger partial charge in [-0.05, 0) is 31.3 Å². The van der Waals surface area contributed by atoms with Gasteiger partial charge >= 0.3 is 11.8 Å². The summed E-state index contributed by atoms with van der Waals surface area (Å²) in [6, 6.07) is 9.07. The van der Waals surface area contributed by atoms with Gasteiger partial charge in [0, 0.05) is 63.4 Å². The topological polar surface area (TPSA) is 88.1 Å². The predicted octanol–water partition coefficient (Wildman–Crippen LogP) is 0.797. The minimum absolute atomic E-state index is 0.000920. The number of piperazine rings is 1. The van der Waals surface area contributed by atoms with E-state index in [-0.39, 0.29) is 12.8 Å². The average Bonchev–Trinajstić information content (AvgIpc) is 3.38. The van der Waals surface area contributed by atoms with Crippen molar-refractivity contribution < 1.29 is 19.1 Å². The lowest BCUT2D eigenvalue weighted by molar-refractivity contribution is -0.136. The number of carbonyl (C=O) groups excluding carboxylic acids is 2. The molecule has 0 spiro atoms. The maximum absolute atomic E-state index is 12.5. The number of nitrogens with zero attached hydrogens (tertiary/aromatic N) is 3. The zero-order valence-electron chi connectivity index (χ0n) is 17.3. The number of anilines is 1. The second-order valence-electron chi connectivity index (χ2n) is 7.63. The summed E-state index contributed by atoms with van der Waals surface area (Å²) in [5, 5.41) is 5.42. The second-order valence-corrected chi connectivity index (χ2v) is 7.63. The second kappa shape index (κ2) is 8.76. The van der Waals surface area contributed by atoms with E-state index in [0.29, 0.717) is 23.7 Å². The first kappa shape index (κ1) is 20.2. The van der Waals surface area contributed by atoms with Crippen LogP contribution in [0.2, 0.25) is 0 Å². The van der Waals surface area contributed by atoms with Crippen molar-refractivity contribution in [3.05, 3.63) is 42.2 Å². The molecule has 0 radical (unpaired) electrons. The first-order valence-corrected chi connectivity index (χ1v) is 10.0. The molecule has 1 atom stereocenters. The summed E-state index contributed by atoms with van der Waals surface area (Å²) in [6.07, 6.45) is 1.99. The van der Waals surface area contributed by atoms with Crippen LogP contribution in [0.15, 0.2) is 36.5 Å². The number of carbonyl (C=O) groups is 2. The lowest BCUT2D eigenvalue weighted by atomic mass is 10.1. The van der Waals surface area contributed by atoms with Crippen molar-refractivity contribution in [1.82, 2.24) is 19.7 Å². The van der Waals surface area contributed by atoms with Crippen molar-refractivity contribution >= 4 is 17.5 Å². The maximum Gasteiger partial charge on any atom is 0.313 e. The molecule has 1 saturated heterocycles. The standard InChI is InChI=1S/C21H27N5O4/c1-24-8-10-26(11-9-24)17(16-4-3-7-25(16)2)13-22-20(27)21(28)23-15-5-6-18-19(12-15)30-14-29-18/h3-7,12,17H,8-11,13-14H2,1-2H3,(H,22,27)(H,23,28). The van der Waals surface area contributed by atoms with Gasteiger partial charge in [0.1, 0.15) is 0 Å². The Morgan fingerprint density at radius 1 is 1.03 bits per heavy atom. The van der Waals surface area contributed by atoms with E-state index in [1.807, 2.05) is 19.3 Å². The largest absolute Gasteiger partial charge is 0.454 e. The quantitative estimate of drug-likeness (QED) is 0.705. The highest BCUT2D eigenvalue weighted by atomic mass is 16.7. The van der Waals surface area contributed by atoms with Gasteiger partial charge in [0.15, 0.2) is 11.5 Å². The minimum atomic E-state index is -0.710. The lowest BCUT2D eigenvalue weighted by Crippen LogP contribution is -2.49. The van der Waals surface area contributed by atoms with Gasteiger partial charge in [-0.15, -0.1) is 0 Å². The van der Waals surface area contributed by atoms with E-state index in [1.54, 1.807) is 18.2 Å². The van der Waals surface area contributed by atoms with Crippen LogP contribution in [0.25, 0.3) is 0 Å². The van der Waals surface area contributed by atoms with Gasteiger partial charge in [-0.1, -0.05) is 0 Å². The molecule has 9 heteroatoms. The van der Waals surface area contributed by atoms with Crippen LogP contribution < -0.4 is 20.1 Å². The first-order valence-electron chi connectivity index (χ1n) is 10.0. The molecule has 2 aliphatic heterocycles. The van der Waals surface area contributed by atoms with E-state index in [9.17, 15) is 9.59 Å². The molecule has 4 rings (SSSR count). The summed E-state index contributed by atoms with van der Waals surface area (Å²) in [5.41, 5.74) is 1.59. The van der Waals surface area contributed by atoms with Crippen LogP contribution >= 0.6 is 0 Å². The molecular formula is C21H27N5O4. The number of aromatic nitrogens is 1. The molecule has 1 unspecified atom stereocenters. The van der Waals surface area contributed by atoms with Gasteiger partial charge in [-0.2, -0.15) is 0 Å². The Kier molecular flexibility index (Phi) is 5.91. The summed E-state index contributed by atoms with van der Waals surface area (Å²) in [5.74, 6) is -0.207. The highest BCUT2D eigenvalue weighted by molar-refractivity contribution is 6.39. The molecule has 9 nitrogen and oxygen atoms in total. The molecule has 160 valence electrons. The number of rotatable bonds is 5. The number of benzene rings is 1. The van der Waals surface area contributed by atoms with E-state index in [1.165, 1.54) is 0 Å². The molecular weight excluding hydrogens is 386 g/mol. The molecule has 0 aliphatic carbocycles. The molecule has 2 aliphatic rings. The van der Waals surface area contributed by atoms with Gasteiger partial charge in [-0.25, -0.2) is 0 Å². The van der Waals surface area contributed by atoms with E-state index < -0.39 is 11.8 Å². The third kappa shape index (κ3) is 4.42. The third-order valence-corrected chi connectivity index (χ3v) is 5.60. The van der Waals surface area contributed by atoms with Crippen molar-refractivity contribution in [1.29, 1.82) is 0 Å². The Hall–Kier alpha value is -3.04. The number of nitrogens with one attached hydrogen (secondary N) is 2. The smallest absolute Gasteiger partial charge is 0.313 e. The summed E-state index contributed by atoms with van der Waals surface area (Å²) >= 11 is 0. The number of aryl methyl sites for hydroxylation is 1. The van der Waals surface area contributed by atoms with Crippen LogP contribution in [0.5, 0.6) is 11.5 Å². The average molecular weight is 413 g/mol. The fourth-order valence-electron chi connectivity index (χ4n) is 3.81. The molecule has 0 bridgehead atoms. The van der Waals surface area contributed by atoms with Crippen molar-refractivity contribution in [2.24, 2.45) is 7.05 Å². The Morgan fingerprint density at radius 3 is 2.53 bits per heavy atom. The van der Waals surface area contributed by atoms with Crippen molar-refractivity contribution in [3.63, 3.8) is 0 Å². The molecule has 0 saturated carbocycles. The molecule has 2 N–H and O–H groups in total. The highest BCUT2D eigenvalue weighted by Gasteiger charge is 2.27. The molecule has 1 aromatic heterocycles. The Bertz CT molecular complexity index is 920. The summed E-state index contributed by atoms with van der Waals surface area (Å²) in [6.45, 7) is 4.27. The van der Waals surface area contributed by atoms with Crippen LogP contribution in [0.3, 0.4) is 0 Å². The van der Waals surface area contributed by atoms with Gasteiger partial charge in [-0.3, -0.25) is 14.5 Å². The van der Waals surface area contributed by atoms with Crippen LogP contribution in [-0.2, 0) is 16.6 Å². The monoisotopic (exact) mass is 413 g/mol. The van der Waals surface area contributed by atoms with Crippen LogP contribution in [-0.4, -0.2) is 72.7 Å². The SMILES string of the molecule is CN1CCN(C(CNC(=O)C(=O)Nc2ccc3c(c2)OCO3)c2cccn2C)CC1. The normalized spacial score (nSPS) is 17.5. The summed E-state index contributed by atoms with van der Waals surface area (Å²) in [7, 11) is 4.10. The Labute approximate surface area is 175 Å². The molecule has 2 aromatic rings. The van der Waals surface area contributed by atoms with Gasteiger partial charge < -0.3 is 29.6 Å². The third-order valence-electron chi connectivity index (χ3n) is 5.60. The number of fused-ring (bicyclic) bond motifs is 1. The van der Waals surface area contributed by atoms with Gasteiger partial charge in [0.05, 0.1) is 6.04 Å². The minimum Gasteiger partial charge on any atom is -0.454 e. The summed E-state index contributed by atoms with van der Waals surface area (Å²) < 4.78 is 12.6. The fourth-order valence-corrected chi connectivity index (χ4v) is 3.81. The van der Waals surface area contributed by atoms with E-state index in [4.69, 9.17) is 9.47 Å². The van der Waals surface area contributed by atoms with Gasteiger partial charge in [0.25, 0.3) is 0 Å². The van der Waals surface area contributed by atoms with E-state index in [2.05, 4.69) is 38.1 Å². The molecule has 2 amide bonds. The summed E-state index contributed by atoms with van der Waals surface area (Å²) in [4.78, 5) is 29.5. The first-order chi connectivity index (χ1) is 14.5. The molecule has 30 heavy (non-hydrogen) atoms. The Balaban J connectivity index is 1.38. The number of hydrogen-bond donors (Lipinski definition) is 2. The molecule has 3 heterocycles. The number of amides is 2. The highest BCUT2D eigenvalue weighted by Crippen LogP contribution is 2.34. The number of hydrogen-bond acceptors (Lipinski definition) is 6. The fraction of sp³-hybridized carbons (Fsp3) is 0.429. The lowest BCUT2D eigenvalue weighted by Gasteiger charge is -2.38. The Morgan fingerprint density at radius 2 is 1.80 bits per heavy atom. The maximum atomic E-state index is 12.5. The van der Waals surface area contributed by atoms with Gasteiger partial charge in [0.2, 0.25) is 6.79 Å². The zero-order valence-corrected chi connectivity index (χ0v) is 17.3. The van der Waals surface area contributed by atoms with E-state index >= 15 is 0 Å². The zero-order chi connectivity index (χ0) is 21.1. The molecule has 1 fully saturated rings.